The molecule has 0 N–H and O–H groups in total. The van der Waals surface area contributed by atoms with E-state index in [0.29, 0.717) is 31.8 Å². The van der Waals surface area contributed by atoms with Crippen LogP contribution in [0, 0.1) is 19.7 Å². The number of pyridine rings is 1. The number of ether oxygens (including phenoxy) is 2. The molecule has 0 atom stereocenters. The summed E-state index contributed by atoms with van der Waals surface area (Å²) >= 11 is 0. The summed E-state index contributed by atoms with van der Waals surface area (Å²) in [4.78, 5) is 21.4. The maximum Gasteiger partial charge on any atom is 0.253 e. The molecule has 0 saturated carbocycles. The first-order valence-electron chi connectivity index (χ1n) is 11.4. The second-order valence-electron chi connectivity index (χ2n) is 8.63. The van der Waals surface area contributed by atoms with E-state index in [4.69, 9.17) is 9.47 Å². The normalized spacial score (nSPS) is 14.2. The molecule has 0 unspecified atom stereocenters. The predicted molar refractivity (Wildman–Crippen MR) is 129 cm³/mol. The maximum absolute atomic E-state index is 14.0. The highest BCUT2D eigenvalue weighted by molar-refractivity contribution is 5.95. The molecule has 1 saturated heterocycles. The van der Waals surface area contributed by atoms with Crippen LogP contribution in [-0.2, 0) is 13.2 Å². The summed E-state index contributed by atoms with van der Waals surface area (Å²) in [5.74, 6) is 0.725. The average molecular weight is 464 g/mol. The van der Waals surface area contributed by atoms with Gasteiger partial charge in [0.25, 0.3) is 5.91 Å². The fourth-order valence-corrected chi connectivity index (χ4v) is 4.30. The van der Waals surface area contributed by atoms with Crippen LogP contribution in [0.2, 0.25) is 0 Å². The molecule has 34 heavy (non-hydrogen) atoms. The van der Waals surface area contributed by atoms with Crippen LogP contribution in [-0.4, -0.2) is 54.0 Å². The van der Waals surface area contributed by atoms with Crippen LogP contribution < -0.4 is 9.47 Å². The van der Waals surface area contributed by atoms with Gasteiger partial charge in [-0.15, -0.1) is 0 Å². The number of aryl methyl sites for hydroxylation is 2. The van der Waals surface area contributed by atoms with Crippen LogP contribution in [0.4, 0.5) is 4.39 Å². The lowest BCUT2D eigenvalue weighted by molar-refractivity contribution is 0.0628. The van der Waals surface area contributed by atoms with Crippen molar-refractivity contribution in [1.82, 2.24) is 14.8 Å². The number of piperazine rings is 1. The van der Waals surface area contributed by atoms with Crippen LogP contribution >= 0.6 is 0 Å². The quantitative estimate of drug-likeness (QED) is 0.521. The second-order valence-corrected chi connectivity index (χ2v) is 8.63. The minimum atomic E-state index is -0.354. The highest BCUT2D eigenvalue weighted by Crippen LogP contribution is 2.27. The molecule has 0 spiro atoms. The SMILES string of the molecule is COc1ccc(CN2CCN(C(=O)c3cc(C)c(OCc4cccnc4)c(C)c3)CC2)cc1F. The van der Waals surface area contributed by atoms with Crippen molar-refractivity contribution in [3.05, 3.63) is 88.5 Å². The molecule has 1 amide bonds. The molecule has 1 aromatic heterocycles. The molecule has 2 heterocycles. The zero-order chi connectivity index (χ0) is 24.1. The van der Waals surface area contributed by atoms with E-state index in [1.165, 1.54) is 13.2 Å². The zero-order valence-corrected chi connectivity index (χ0v) is 19.9. The Kier molecular flexibility index (Phi) is 7.43. The van der Waals surface area contributed by atoms with Gasteiger partial charge in [0.15, 0.2) is 11.6 Å². The van der Waals surface area contributed by atoms with Crippen LogP contribution in [0.5, 0.6) is 11.5 Å². The minimum absolute atomic E-state index is 0.0279. The lowest BCUT2D eigenvalue weighted by atomic mass is 10.0. The average Bonchev–Trinajstić information content (AvgIpc) is 2.84. The second kappa shape index (κ2) is 10.7. The summed E-state index contributed by atoms with van der Waals surface area (Å²) in [6.45, 7) is 7.76. The standard InChI is InChI=1S/C27H30FN3O3/c1-19-13-23(14-20(2)26(19)34-18-22-5-4-8-29-16-22)27(32)31-11-9-30(10-12-31)17-21-6-7-25(33-3)24(28)15-21/h4-8,13-16H,9-12,17-18H2,1-3H3. The van der Waals surface area contributed by atoms with Gasteiger partial charge in [-0.3, -0.25) is 14.7 Å². The summed E-state index contributed by atoms with van der Waals surface area (Å²) < 4.78 is 25.0. The molecule has 4 rings (SSSR count). The summed E-state index contributed by atoms with van der Waals surface area (Å²) in [5.41, 5.74) is 4.44. The van der Waals surface area contributed by atoms with Gasteiger partial charge in [-0.25, -0.2) is 4.39 Å². The number of nitrogens with zero attached hydrogens (tertiary/aromatic N) is 3. The van der Waals surface area contributed by atoms with Crippen molar-refractivity contribution in [3.8, 4) is 11.5 Å². The van der Waals surface area contributed by atoms with E-state index in [1.807, 2.05) is 49.1 Å². The summed E-state index contributed by atoms with van der Waals surface area (Å²) in [6.07, 6.45) is 3.52. The monoisotopic (exact) mass is 463 g/mol. The highest BCUT2D eigenvalue weighted by atomic mass is 19.1. The summed E-state index contributed by atoms with van der Waals surface area (Å²) in [5, 5.41) is 0. The Labute approximate surface area is 199 Å². The van der Waals surface area contributed by atoms with Crippen molar-refractivity contribution < 1.29 is 18.7 Å². The molecule has 3 aromatic rings. The number of hydrogen-bond acceptors (Lipinski definition) is 5. The van der Waals surface area contributed by atoms with Crippen molar-refractivity contribution in [2.45, 2.75) is 27.0 Å². The lowest BCUT2D eigenvalue weighted by Crippen LogP contribution is -2.48. The molecule has 1 aliphatic heterocycles. The Bertz CT molecular complexity index is 1120. The number of carbonyl (C=O) groups is 1. The number of methoxy groups -OCH3 is 1. The van der Waals surface area contributed by atoms with E-state index in [9.17, 15) is 9.18 Å². The van der Waals surface area contributed by atoms with Crippen molar-refractivity contribution in [3.63, 3.8) is 0 Å². The molecule has 6 nitrogen and oxygen atoms in total. The van der Waals surface area contributed by atoms with Gasteiger partial charge < -0.3 is 14.4 Å². The predicted octanol–water partition coefficient (Wildman–Crippen LogP) is 4.38. The Morgan fingerprint density at radius 2 is 1.76 bits per heavy atom. The third-order valence-corrected chi connectivity index (χ3v) is 6.10. The third-order valence-electron chi connectivity index (χ3n) is 6.10. The highest BCUT2D eigenvalue weighted by Gasteiger charge is 2.23. The van der Waals surface area contributed by atoms with E-state index in [1.54, 1.807) is 18.5 Å². The topological polar surface area (TPSA) is 54.9 Å². The van der Waals surface area contributed by atoms with E-state index >= 15 is 0 Å². The van der Waals surface area contributed by atoms with Gasteiger partial charge in [0.1, 0.15) is 12.4 Å². The van der Waals surface area contributed by atoms with Gasteiger partial charge >= 0.3 is 0 Å². The third kappa shape index (κ3) is 5.54. The van der Waals surface area contributed by atoms with Crippen molar-refractivity contribution in [1.29, 1.82) is 0 Å². The fourth-order valence-electron chi connectivity index (χ4n) is 4.30. The van der Waals surface area contributed by atoms with E-state index in [-0.39, 0.29) is 17.5 Å². The molecule has 0 bridgehead atoms. The van der Waals surface area contributed by atoms with Crippen molar-refractivity contribution in [2.24, 2.45) is 0 Å². The van der Waals surface area contributed by atoms with Crippen molar-refractivity contribution in [2.75, 3.05) is 33.3 Å². The van der Waals surface area contributed by atoms with Crippen LogP contribution in [0.25, 0.3) is 0 Å². The Hall–Kier alpha value is -3.45. The largest absolute Gasteiger partial charge is 0.494 e. The molecular weight excluding hydrogens is 433 g/mol. The first kappa shape index (κ1) is 23.7. The smallest absolute Gasteiger partial charge is 0.253 e. The lowest BCUT2D eigenvalue weighted by Gasteiger charge is -2.35. The summed E-state index contributed by atoms with van der Waals surface area (Å²) in [6, 6.07) is 12.7. The molecule has 2 aromatic carbocycles. The van der Waals surface area contributed by atoms with Crippen LogP contribution in [0.15, 0.2) is 54.9 Å². The number of halogens is 1. The first-order valence-corrected chi connectivity index (χ1v) is 11.4. The van der Waals surface area contributed by atoms with E-state index < -0.39 is 0 Å². The zero-order valence-electron chi connectivity index (χ0n) is 19.9. The number of benzene rings is 2. The van der Waals surface area contributed by atoms with Gasteiger partial charge in [0.2, 0.25) is 0 Å². The Balaban J connectivity index is 1.35. The molecule has 0 aliphatic carbocycles. The van der Waals surface area contributed by atoms with Crippen LogP contribution in [0.3, 0.4) is 0 Å². The minimum Gasteiger partial charge on any atom is -0.494 e. The van der Waals surface area contributed by atoms with Crippen molar-refractivity contribution >= 4 is 5.91 Å². The van der Waals surface area contributed by atoms with Crippen LogP contribution in [0.1, 0.15) is 32.6 Å². The van der Waals surface area contributed by atoms with Gasteiger partial charge in [0.05, 0.1) is 7.11 Å². The molecular formula is C27H30FN3O3. The van der Waals surface area contributed by atoms with Gasteiger partial charge in [-0.1, -0.05) is 12.1 Å². The van der Waals surface area contributed by atoms with E-state index in [0.717, 1.165) is 41.1 Å². The molecule has 1 aliphatic rings. The number of amides is 1. The van der Waals surface area contributed by atoms with E-state index in [2.05, 4.69) is 9.88 Å². The Morgan fingerprint density at radius 3 is 2.38 bits per heavy atom. The fraction of sp³-hybridized carbons (Fsp3) is 0.333. The number of aromatic nitrogens is 1. The first-order chi connectivity index (χ1) is 16.4. The number of rotatable bonds is 7. The molecule has 1 fully saturated rings. The molecule has 0 radical (unpaired) electrons. The van der Waals surface area contributed by atoms with Gasteiger partial charge in [0, 0.05) is 56.2 Å². The van der Waals surface area contributed by atoms with Gasteiger partial charge in [-0.05, 0) is 60.9 Å². The Morgan fingerprint density at radius 1 is 1.03 bits per heavy atom. The number of hydrogen-bond donors (Lipinski definition) is 0. The van der Waals surface area contributed by atoms with Gasteiger partial charge in [-0.2, -0.15) is 0 Å². The number of carbonyl (C=O) groups excluding carboxylic acids is 1. The molecule has 178 valence electrons. The summed E-state index contributed by atoms with van der Waals surface area (Å²) in [7, 11) is 1.46. The maximum atomic E-state index is 14.0. The molecule has 7 heteroatoms.